The van der Waals surface area contributed by atoms with Crippen LogP contribution in [0.25, 0.3) is 5.69 Å². The summed E-state index contributed by atoms with van der Waals surface area (Å²) >= 11 is 0. The first-order valence-electron chi connectivity index (χ1n) is 7.46. The standard InChI is InChI=1S/C16H19N3O3S/c1-12-7-9-19(17-12)14-5-3-13(4-6-14)16(20)18(2)15-8-10-23(21,22)11-15/h3-7,9,15H,8,10-11H2,1-2H3/t15-/m1/s1. The van der Waals surface area contributed by atoms with Crippen LogP contribution in [-0.2, 0) is 9.84 Å². The fraction of sp³-hybridized carbons (Fsp3) is 0.375. The quantitative estimate of drug-likeness (QED) is 0.852. The lowest BCUT2D eigenvalue weighted by Gasteiger charge is -2.23. The maximum absolute atomic E-state index is 12.5. The molecule has 1 amide bonds. The van der Waals surface area contributed by atoms with Gasteiger partial charge in [0, 0.05) is 24.8 Å². The van der Waals surface area contributed by atoms with Crippen molar-refractivity contribution >= 4 is 15.7 Å². The Morgan fingerprint density at radius 1 is 1.26 bits per heavy atom. The predicted octanol–water partition coefficient (Wildman–Crippen LogP) is 1.44. The molecule has 1 aliphatic heterocycles. The molecule has 3 rings (SSSR count). The summed E-state index contributed by atoms with van der Waals surface area (Å²) in [4.78, 5) is 14.0. The largest absolute Gasteiger partial charge is 0.338 e. The highest BCUT2D eigenvalue weighted by Crippen LogP contribution is 2.19. The molecule has 1 atom stereocenters. The smallest absolute Gasteiger partial charge is 0.253 e. The molecule has 1 saturated heterocycles. The summed E-state index contributed by atoms with van der Waals surface area (Å²) in [6.45, 7) is 1.92. The van der Waals surface area contributed by atoms with Gasteiger partial charge in [0.2, 0.25) is 0 Å². The lowest BCUT2D eigenvalue weighted by molar-refractivity contribution is 0.0747. The van der Waals surface area contributed by atoms with Gasteiger partial charge in [0.15, 0.2) is 9.84 Å². The van der Waals surface area contributed by atoms with Gasteiger partial charge >= 0.3 is 0 Å². The molecule has 0 radical (unpaired) electrons. The van der Waals surface area contributed by atoms with Crippen molar-refractivity contribution in [3.63, 3.8) is 0 Å². The molecule has 0 bridgehead atoms. The van der Waals surface area contributed by atoms with E-state index in [-0.39, 0.29) is 23.5 Å². The summed E-state index contributed by atoms with van der Waals surface area (Å²) < 4.78 is 24.9. The van der Waals surface area contributed by atoms with Crippen molar-refractivity contribution in [3.8, 4) is 5.69 Å². The molecule has 1 fully saturated rings. The van der Waals surface area contributed by atoms with Gasteiger partial charge in [-0.05, 0) is 43.7 Å². The third-order valence-corrected chi connectivity index (χ3v) is 5.93. The van der Waals surface area contributed by atoms with E-state index in [0.29, 0.717) is 12.0 Å². The van der Waals surface area contributed by atoms with Crippen LogP contribution in [0, 0.1) is 6.92 Å². The lowest BCUT2D eigenvalue weighted by Crippen LogP contribution is -2.37. The zero-order valence-corrected chi connectivity index (χ0v) is 14.0. The molecule has 0 saturated carbocycles. The number of sulfone groups is 1. The Balaban J connectivity index is 1.75. The molecular formula is C16H19N3O3S. The SMILES string of the molecule is Cc1ccn(-c2ccc(C(=O)N(C)[C@@H]3CCS(=O)(=O)C3)cc2)n1. The molecule has 1 aromatic heterocycles. The van der Waals surface area contributed by atoms with Crippen molar-refractivity contribution < 1.29 is 13.2 Å². The van der Waals surface area contributed by atoms with Crippen molar-refractivity contribution in [1.82, 2.24) is 14.7 Å². The molecular weight excluding hydrogens is 314 g/mol. The number of carbonyl (C=O) groups is 1. The molecule has 1 aliphatic rings. The Morgan fingerprint density at radius 2 is 1.96 bits per heavy atom. The Morgan fingerprint density at radius 3 is 2.48 bits per heavy atom. The van der Waals surface area contributed by atoms with Crippen molar-refractivity contribution in [3.05, 3.63) is 47.8 Å². The highest BCUT2D eigenvalue weighted by molar-refractivity contribution is 7.91. The Hall–Kier alpha value is -2.15. The second-order valence-electron chi connectivity index (χ2n) is 5.92. The van der Waals surface area contributed by atoms with Crippen LogP contribution in [0.1, 0.15) is 22.5 Å². The minimum Gasteiger partial charge on any atom is -0.338 e. The van der Waals surface area contributed by atoms with Gasteiger partial charge in [-0.3, -0.25) is 4.79 Å². The first kappa shape index (κ1) is 15.7. The first-order chi connectivity index (χ1) is 10.9. The van der Waals surface area contributed by atoms with Gasteiger partial charge in [-0.15, -0.1) is 0 Å². The number of amides is 1. The van der Waals surface area contributed by atoms with Crippen molar-refractivity contribution in [2.75, 3.05) is 18.6 Å². The fourth-order valence-corrected chi connectivity index (χ4v) is 4.54. The monoisotopic (exact) mass is 333 g/mol. The van der Waals surface area contributed by atoms with Gasteiger partial charge in [0.25, 0.3) is 5.91 Å². The van der Waals surface area contributed by atoms with E-state index in [1.54, 1.807) is 23.9 Å². The van der Waals surface area contributed by atoms with Crippen molar-refractivity contribution in [2.45, 2.75) is 19.4 Å². The number of hydrogen-bond donors (Lipinski definition) is 0. The van der Waals surface area contributed by atoms with Crippen molar-refractivity contribution in [1.29, 1.82) is 0 Å². The van der Waals surface area contributed by atoms with Crippen LogP contribution in [0.2, 0.25) is 0 Å². The van der Waals surface area contributed by atoms with E-state index in [2.05, 4.69) is 5.10 Å². The lowest BCUT2D eigenvalue weighted by atomic mass is 10.1. The molecule has 2 heterocycles. The van der Waals surface area contributed by atoms with Gasteiger partial charge in [0.05, 0.1) is 22.9 Å². The topological polar surface area (TPSA) is 72.3 Å². The molecule has 2 aromatic rings. The van der Waals surface area contributed by atoms with Gasteiger partial charge in [0.1, 0.15) is 0 Å². The summed E-state index contributed by atoms with van der Waals surface area (Å²) in [5, 5.41) is 4.32. The van der Waals surface area contributed by atoms with Gasteiger partial charge in [-0.2, -0.15) is 5.10 Å². The Kier molecular flexibility index (Phi) is 3.97. The summed E-state index contributed by atoms with van der Waals surface area (Å²) in [5.41, 5.74) is 2.34. The average Bonchev–Trinajstić information content (AvgIpc) is 3.11. The molecule has 23 heavy (non-hydrogen) atoms. The van der Waals surface area contributed by atoms with Crippen LogP contribution >= 0.6 is 0 Å². The number of hydrogen-bond acceptors (Lipinski definition) is 4. The van der Waals surface area contributed by atoms with Gasteiger partial charge in [-0.1, -0.05) is 0 Å². The van der Waals surface area contributed by atoms with Crippen molar-refractivity contribution in [2.24, 2.45) is 0 Å². The van der Waals surface area contributed by atoms with E-state index in [1.165, 1.54) is 4.90 Å². The van der Waals surface area contributed by atoms with Gasteiger partial charge in [-0.25, -0.2) is 13.1 Å². The zero-order chi connectivity index (χ0) is 16.6. The summed E-state index contributed by atoms with van der Waals surface area (Å²) in [6.07, 6.45) is 2.37. The number of nitrogens with zero attached hydrogens (tertiary/aromatic N) is 3. The van der Waals surface area contributed by atoms with Crippen LogP contribution in [0.3, 0.4) is 0 Å². The molecule has 0 N–H and O–H groups in total. The highest BCUT2D eigenvalue weighted by atomic mass is 32.2. The molecule has 0 unspecified atom stereocenters. The molecule has 7 heteroatoms. The van der Waals surface area contributed by atoms with Crippen LogP contribution in [-0.4, -0.2) is 53.6 Å². The van der Waals surface area contributed by atoms with E-state index in [0.717, 1.165) is 11.4 Å². The second kappa shape index (κ2) is 5.81. The third-order valence-electron chi connectivity index (χ3n) is 4.18. The molecule has 0 aliphatic carbocycles. The number of aromatic nitrogens is 2. The van der Waals surface area contributed by atoms with Gasteiger partial charge < -0.3 is 4.90 Å². The fourth-order valence-electron chi connectivity index (χ4n) is 2.77. The molecule has 1 aromatic carbocycles. The average molecular weight is 333 g/mol. The van der Waals surface area contributed by atoms with E-state index >= 15 is 0 Å². The Bertz CT molecular complexity index is 825. The molecule has 122 valence electrons. The number of carbonyl (C=O) groups excluding carboxylic acids is 1. The number of aryl methyl sites for hydroxylation is 1. The minimum absolute atomic E-state index is 0.0554. The first-order valence-corrected chi connectivity index (χ1v) is 9.28. The Labute approximate surface area is 135 Å². The summed E-state index contributed by atoms with van der Waals surface area (Å²) in [6, 6.07) is 8.83. The minimum atomic E-state index is -3.00. The maximum Gasteiger partial charge on any atom is 0.253 e. The van der Waals surface area contributed by atoms with Crippen LogP contribution in [0.5, 0.6) is 0 Å². The summed E-state index contributed by atoms with van der Waals surface area (Å²) in [5.74, 6) is 0.0579. The molecule has 6 nitrogen and oxygen atoms in total. The molecule has 0 spiro atoms. The zero-order valence-electron chi connectivity index (χ0n) is 13.1. The van der Waals surface area contributed by atoms with E-state index in [4.69, 9.17) is 0 Å². The van der Waals surface area contributed by atoms with Crippen LogP contribution < -0.4 is 0 Å². The normalized spacial score (nSPS) is 19.7. The third kappa shape index (κ3) is 3.29. The maximum atomic E-state index is 12.5. The predicted molar refractivity (Wildman–Crippen MR) is 87.5 cm³/mol. The van der Waals surface area contributed by atoms with E-state index in [9.17, 15) is 13.2 Å². The second-order valence-corrected chi connectivity index (χ2v) is 8.15. The van der Waals surface area contributed by atoms with Crippen LogP contribution in [0.4, 0.5) is 0 Å². The number of rotatable bonds is 3. The number of benzene rings is 1. The van der Waals surface area contributed by atoms with E-state index in [1.807, 2.05) is 31.3 Å². The van der Waals surface area contributed by atoms with Crippen LogP contribution in [0.15, 0.2) is 36.5 Å². The summed E-state index contributed by atoms with van der Waals surface area (Å²) in [7, 11) is -1.34. The highest BCUT2D eigenvalue weighted by Gasteiger charge is 2.32. The van der Waals surface area contributed by atoms with E-state index < -0.39 is 9.84 Å².